The molecule has 2 rings (SSSR count). The molecule has 5 nitrogen and oxygen atoms in total. The van der Waals surface area contributed by atoms with Gasteiger partial charge in [0.25, 0.3) is 11.7 Å². The number of aryl methyl sites for hydroxylation is 2. The zero-order valence-electron chi connectivity index (χ0n) is 11.7. The molecule has 1 N–H and O–H groups in total. The number of rotatable bonds is 3. The molecule has 0 radical (unpaired) electrons. The van der Waals surface area contributed by atoms with E-state index < -0.39 is 11.7 Å². The van der Waals surface area contributed by atoms with Crippen LogP contribution in [0, 0.1) is 13.8 Å². The summed E-state index contributed by atoms with van der Waals surface area (Å²) in [6.45, 7) is 3.41. The van der Waals surface area contributed by atoms with Crippen LogP contribution in [0.3, 0.4) is 0 Å². The molecule has 0 saturated heterocycles. The summed E-state index contributed by atoms with van der Waals surface area (Å²) in [5.41, 5.74) is 1.73. The number of carbonyl (C=O) groups is 2. The molecule has 7 heteroatoms. The Labute approximate surface area is 131 Å². The highest BCUT2D eigenvalue weighted by molar-refractivity contribution is 6.48. The number of nitrogens with zero attached hydrogens (tertiary/aromatic N) is 2. The summed E-state index contributed by atoms with van der Waals surface area (Å²) in [6.07, 6.45) is 0. The van der Waals surface area contributed by atoms with Crippen molar-refractivity contribution in [2.24, 2.45) is 7.05 Å². The molecule has 1 aromatic carbocycles. The summed E-state index contributed by atoms with van der Waals surface area (Å²) in [7, 11) is 1.71. The van der Waals surface area contributed by atoms with Crippen LogP contribution >= 0.6 is 23.2 Å². The smallest absolute Gasteiger partial charge is 0.296 e. The van der Waals surface area contributed by atoms with Crippen LogP contribution in [-0.2, 0) is 11.8 Å². The third-order valence-corrected chi connectivity index (χ3v) is 3.68. The number of carbonyl (C=O) groups excluding carboxylic acids is 2. The fourth-order valence-electron chi connectivity index (χ4n) is 1.99. The molecule has 0 spiro atoms. The molecule has 0 aliphatic rings. The van der Waals surface area contributed by atoms with Crippen LogP contribution in [-0.4, -0.2) is 21.5 Å². The van der Waals surface area contributed by atoms with E-state index in [2.05, 4.69) is 10.4 Å². The van der Waals surface area contributed by atoms with Gasteiger partial charge in [0.1, 0.15) is 0 Å². The van der Waals surface area contributed by atoms with Gasteiger partial charge in [0, 0.05) is 17.8 Å². The maximum atomic E-state index is 12.3. The van der Waals surface area contributed by atoms with Gasteiger partial charge in [-0.1, -0.05) is 23.2 Å². The third kappa shape index (κ3) is 3.09. The van der Waals surface area contributed by atoms with E-state index in [1.165, 1.54) is 6.07 Å². The normalized spacial score (nSPS) is 10.5. The van der Waals surface area contributed by atoms with E-state index in [9.17, 15) is 9.59 Å². The summed E-state index contributed by atoms with van der Waals surface area (Å²) in [5.74, 6) is -1.44. The van der Waals surface area contributed by atoms with Crippen LogP contribution in [0.5, 0.6) is 0 Å². The Bertz CT molecular complexity index is 738. The Hall–Kier alpha value is -1.85. The topological polar surface area (TPSA) is 64.0 Å². The molecule has 110 valence electrons. The molecule has 1 amide bonds. The van der Waals surface area contributed by atoms with Gasteiger partial charge in [-0.15, -0.1) is 0 Å². The Morgan fingerprint density at radius 1 is 1.24 bits per heavy atom. The van der Waals surface area contributed by atoms with Gasteiger partial charge in [-0.3, -0.25) is 14.3 Å². The van der Waals surface area contributed by atoms with Crippen LogP contribution in [0.25, 0.3) is 0 Å². The first-order chi connectivity index (χ1) is 9.81. The molecule has 0 saturated carbocycles. The number of hydrogen-bond donors (Lipinski definition) is 1. The zero-order chi connectivity index (χ0) is 15.7. The van der Waals surface area contributed by atoms with Gasteiger partial charge in [-0.25, -0.2) is 0 Å². The van der Waals surface area contributed by atoms with Crippen molar-refractivity contribution in [3.63, 3.8) is 0 Å². The summed E-state index contributed by atoms with van der Waals surface area (Å²) in [5, 5.41) is 7.31. The molecule has 2 aromatic rings. The zero-order valence-corrected chi connectivity index (χ0v) is 13.2. The Morgan fingerprint density at radius 2 is 1.90 bits per heavy atom. The second-order valence-electron chi connectivity index (χ2n) is 4.58. The van der Waals surface area contributed by atoms with E-state index in [0.29, 0.717) is 32.7 Å². The van der Waals surface area contributed by atoms with Crippen molar-refractivity contribution in [2.45, 2.75) is 13.8 Å². The largest absolute Gasteiger partial charge is 0.318 e. The van der Waals surface area contributed by atoms with Crippen LogP contribution in [0.1, 0.15) is 21.7 Å². The fourth-order valence-corrected chi connectivity index (χ4v) is 2.33. The van der Waals surface area contributed by atoms with E-state index in [-0.39, 0.29) is 0 Å². The van der Waals surface area contributed by atoms with E-state index >= 15 is 0 Å². The SMILES string of the molecule is Cc1nn(C)c(C)c1C(=O)C(=O)Nc1cc(Cl)ccc1Cl. The number of amides is 1. The maximum absolute atomic E-state index is 12.3. The fraction of sp³-hybridized carbons (Fsp3) is 0.214. The highest BCUT2D eigenvalue weighted by Crippen LogP contribution is 2.25. The Morgan fingerprint density at radius 3 is 2.48 bits per heavy atom. The number of hydrogen-bond acceptors (Lipinski definition) is 3. The number of anilines is 1. The van der Waals surface area contributed by atoms with Gasteiger partial charge in [0.05, 0.1) is 22.0 Å². The summed E-state index contributed by atoms with van der Waals surface area (Å²) >= 11 is 11.8. The van der Waals surface area contributed by atoms with Crippen molar-refractivity contribution in [3.05, 3.63) is 45.2 Å². The molecule has 0 bridgehead atoms. The van der Waals surface area contributed by atoms with Crippen LogP contribution in [0.15, 0.2) is 18.2 Å². The van der Waals surface area contributed by atoms with Gasteiger partial charge < -0.3 is 5.32 Å². The maximum Gasteiger partial charge on any atom is 0.296 e. The summed E-state index contributed by atoms with van der Waals surface area (Å²) in [4.78, 5) is 24.3. The first kappa shape index (κ1) is 15.5. The van der Waals surface area contributed by atoms with Gasteiger partial charge in [0.2, 0.25) is 0 Å². The van der Waals surface area contributed by atoms with Crippen molar-refractivity contribution >= 4 is 40.6 Å². The quantitative estimate of drug-likeness (QED) is 0.696. The van der Waals surface area contributed by atoms with E-state index in [4.69, 9.17) is 23.2 Å². The molecule has 0 atom stereocenters. The second-order valence-corrected chi connectivity index (χ2v) is 5.42. The molecular weight excluding hydrogens is 313 g/mol. The predicted molar refractivity (Wildman–Crippen MR) is 82.1 cm³/mol. The van der Waals surface area contributed by atoms with Gasteiger partial charge in [-0.2, -0.15) is 5.10 Å². The third-order valence-electron chi connectivity index (χ3n) is 3.12. The standard InChI is InChI=1S/C14H13Cl2N3O2/c1-7-12(8(2)19(3)18-7)13(20)14(21)17-11-6-9(15)4-5-10(11)16/h4-6H,1-3H3,(H,17,21). The van der Waals surface area contributed by atoms with Crippen molar-refractivity contribution < 1.29 is 9.59 Å². The number of nitrogens with one attached hydrogen (secondary N) is 1. The molecule has 0 aliphatic heterocycles. The van der Waals surface area contributed by atoms with Crippen molar-refractivity contribution in [3.8, 4) is 0 Å². The van der Waals surface area contributed by atoms with E-state index in [1.807, 2.05) is 0 Å². The lowest BCUT2D eigenvalue weighted by Crippen LogP contribution is -2.24. The van der Waals surface area contributed by atoms with Crippen LogP contribution in [0.2, 0.25) is 10.0 Å². The molecule has 0 fully saturated rings. The van der Waals surface area contributed by atoms with Crippen LogP contribution in [0.4, 0.5) is 5.69 Å². The summed E-state index contributed by atoms with van der Waals surface area (Å²) in [6, 6.07) is 4.62. The summed E-state index contributed by atoms with van der Waals surface area (Å²) < 4.78 is 1.56. The number of ketones is 1. The molecule has 1 heterocycles. The molecule has 21 heavy (non-hydrogen) atoms. The number of Topliss-reactive ketones (excluding diaryl/α,β-unsaturated/α-hetero) is 1. The van der Waals surface area contributed by atoms with Crippen LogP contribution < -0.4 is 5.32 Å². The monoisotopic (exact) mass is 325 g/mol. The predicted octanol–water partition coefficient (Wildman–Crippen LogP) is 3.17. The Kier molecular flexibility index (Phi) is 4.34. The highest BCUT2D eigenvalue weighted by Gasteiger charge is 2.24. The van der Waals surface area contributed by atoms with E-state index in [1.54, 1.807) is 37.7 Å². The number of benzene rings is 1. The van der Waals surface area contributed by atoms with Gasteiger partial charge >= 0.3 is 0 Å². The van der Waals surface area contributed by atoms with Gasteiger partial charge in [0.15, 0.2) is 0 Å². The number of aromatic nitrogens is 2. The Balaban J connectivity index is 2.28. The average Bonchev–Trinajstić information content (AvgIpc) is 2.67. The van der Waals surface area contributed by atoms with Crippen molar-refractivity contribution in [2.75, 3.05) is 5.32 Å². The minimum Gasteiger partial charge on any atom is -0.318 e. The minimum atomic E-state index is -0.779. The highest BCUT2D eigenvalue weighted by atomic mass is 35.5. The van der Waals surface area contributed by atoms with Crippen molar-refractivity contribution in [1.29, 1.82) is 0 Å². The molecule has 1 aromatic heterocycles. The van der Waals surface area contributed by atoms with E-state index in [0.717, 1.165) is 0 Å². The lowest BCUT2D eigenvalue weighted by molar-refractivity contribution is -0.112. The molecular formula is C14H13Cl2N3O2. The average molecular weight is 326 g/mol. The molecule has 0 aliphatic carbocycles. The first-order valence-corrected chi connectivity index (χ1v) is 6.87. The number of halogens is 2. The lowest BCUT2D eigenvalue weighted by atomic mass is 10.1. The second kappa shape index (κ2) is 5.87. The minimum absolute atomic E-state index is 0.293. The molecule has 0 unspecified atom stereocenters. The van der Waals surface area contributed by atoms with Gasteiger partial charge in [-0.05, 0) is 32.0 Å². The van der Waals surface area contributed by atoms with Crippen molar-refractivity contribution in [1.82, 2.24) is 9.78 Å². The first-order valence-electron chi connectivity index (χ1n) is 6.12. The lowest BCUT2D eigenvalue weighted by Gasteiger charge is -2.07.